The highest BCUT2D eigenvalue weighted by Crippen LogP contribution is 2.32. The summed E-state index contributed by atoms with van der Waals surface area (Å²) in [7, 11) is -3.18. The smallest absolute Gasteiger partial charge is 0.171 e. The van der Waals surface area contributed by atoms with Gasteiger partial charge in [-0.1, -0.05) is 13.0 Å². The minimum Gasteiger partial charge on any atom is -0.352 e. The molecular weight excluding hydrogens is 360 g/mol. The number of nitrogens with zero attached hydrogens (tertiary/aromatic N) is 2. The van der Waals surface area contributed by atoms with Crippen molar-refractivity contribution in [2.24, 2.45) is 0 Å². The molecule has 1 atom stereocenters. The third-order valence-corrected chi connectivity index (χ3v) is 7.26. The third-order valence-electron chi connectivity index (χ3n) is 3.31. The summed E-state index contributed by atoms with van der Waals surface area (Å²) in [5.74, 6) is 1.53. The van der Waals surface area contributed by atoms with Crippen molar-refractivity contribution in [1.29, 1.82) is 5.26 Å². The van der Waals surface area contributed by atoms with Crippen LogP contribution in [0.2, 0.25) is 0 Å². The number of anilines is 1. The first-order chi connectivity index (χ1) is 9.51. The average Bonchev–Trinajstić information content (AvgIpc) is 2.47. The van der Waals surface area contributed by atoms with E-state index in [2.05, 4.69) is 22.0 Å². The van der Waals surface area contributed by atoms with E-state index in [1.807, 2.05) is 17.0 Å². The molecular formula is C13H15BrN2O2S2. The van der Waals surface area contributed by atoms with Crippen LogP contribution < -0.4 is 4.90 Å². The Labute approximate surface area is 132 Å². The summed E-state index contributed by atoms with van der Waals surface area (Å²) in [6.45, 7) is 2.30. The Hall–Kier alpha value is -0.710. The van der Waals surface area contributed by atoms with Crippen LogP contribution in [0.25, 0.3) is 0 Å². The quantitative estimate of drug-likeness (QED) is 0.813. The predicted molar refractivity (Wildman–Crippen MR) is 86.8 cm³/mol. The van der Waals surface area contributed by atoms with Crippen LogP contribution in [-0.4, -0.2) is 37.6 Å². The van der Waals surface area contributed by atoms with Gasteiger partial charge in [-0.3, -0.25) is 0 Å². The molecule has 0 aromatic heterocycles. The second-order valence-corrected chi connectivity index (χ2v) is 8.87. The van der Waals surface area contributed by atoms with Crippen molar-refractivity contribution >= 4 is 43.2 Å². The second kappa shape index (κ2) is 6.37. The molecule has 0 N–H and O–H groups in total. The molecule has 1 aliphatic rings. The highest BCUT2D eigenvalue weighted by molar-refractivity contribution is 9.10. The van der Waals surface area contributed by atoms with Gasteiger partial charge in [-0.2, -0.15) is 17.0 Å². The summed E-state index contributed by atoms with van der Waals surface area (Å²) < 4.78 is 25.2. The first-order valence-electron chi connectivity index (χ1n) is 6.26. The van der Waals surface area contributed by atoms with Crippen molar-refractivity contribution in [2.75, 3.05) is 28.7 Å². The van der Waals surface area contributed by atoms with Crippen LogP contribution >= 0.6 is 27.7 Å². The lowest BCUT2D eigenvalue weighted by Crippen LogP contribution is -2.48. The van der Waals surface area contributed by atoms with Crippen LogP contribution in [0.15, 0.2) is 22.7 Å². The molecule has 0 radical (unpaired) electrons. The SMILES string of the molecule is CCS(=O)(=O)C1CSCCN1c1cccc(Br)c1C#N. The zero-order valence-corrected chi connectivity index (χ0v) is 14.3. The molecule has 0 amide bonds. The summed E-state index contributed by atoms with van der Waals surface area (Å²) in [5.41, 5.74) is 1.19. The van der Waals surface area contributed by atoms with Crippen molar-refractivity contribution in [3.63, 3.8) is 0 Å². The molecule has 1 saturated heterocycles. The molecule has 0 aliphatic carbocycles. The number of rotatable bonds is 3. The van der Waals surface area contributed by atoms with E-state index in [1.165, 1.54) is 0 Å². The maximum Gasteiger partial charge on any atom is 0.171 e. The molecule has 1 aliphatic heterocycles. The topological polar surface area (TPSA) is 61.2 Å². The van der Waals surface area contributed by atoms with E-state index in [4.69, 9.17) is 0 Å². The van der Waals surface area contributed by atoms with Gasteiger partial charge in [0.2, 0.25) is 0 Å². The van der Waals surface area contributed by atoms with Gasteiger partial charge in [-0.05, 0) is 28.1 Å². The number of benzene rings is 1. The van der Waals surface area contributed by atoms with E-state index in [1.54, 1.807) is 24.8 Å². The lowest BCUT2D eigenvalue weighted by atomic mass is 10.1. The van der Waals surface area contributed by atoms with E-state index in [-0.39, 0.29) is 5.75 Å². The molecule has 108 valence electrons. The maximum absolute atomic E-state index is 12.3. The van der Waals surface area contributed by atoms with Crippen LogP contribution in [0.1, 0.15) is 12.5 Å². The zero-order chi connectivity index (χ0) is 14.8. The molecule has 1 aromatic rings. The van der Waals surface area contributed by atoms with Crippen LogP contribution in [0, 0.1) is 11.3 Å². The number of hydrogen-bond acceptors (Lipinski definition) is 5. The van der Waals surface area contributed by atoms with E-state index >= 15 is 0 Å². The van der Waals surface area contributed by atoms with Crippen LogP contribution in [0.3, 0.4) is 0 Å². The van der Waals surface area contributed by atoms with Crippen molar-refractivity contribution < 1.29 is 8.42 Å². The molecule has 1 fully saturated rings. The van der Waals surface area contributed by atoms with Crippen LogP contribution in [0.5, 0.6) is 0 Å². The lowest BCUT2D eigenvalue weighted by molar-refractivity contribution is 0.579. The minimum atomic E-state index is -3.18. The van der Waals surface area contributed by atoms with Crippen molar-refractivity contribution in [1.82, 2.24) is 0 Å². The summed E-state index contributed by atoms with van der Waals surface area (Å²) in [6.07, 6.45) is 0. The van der Waals surface area contributed by atoms with Crippen LogP contribution in [-0.2, 0) is 9.84 Å². The minimum absolute atomic E-state index is 0.116. The van der Waals surface area contributed by atoms with E-state index in [0.29, 0.717) is 28.0 Å². The number of thioether (sulfide) groups is 1. The van der Waals surface area contributed by atoms with Gasteiger partial charge in [0.1, 0.15) is 11.4 Å². The number of sulfone groups is 1. The summed E-state index contributed by atoms with van der Waals surface area (Å²) >= 11 is 5.00. The third kappa shape index (κ3) is 2.97. The molecule has 1 unspecified atom stereocenters. The van der Waals surface area contributed by atoms with E-state index in [0.717, 1.165) is 5.75 Å². The fraction of sp³-hybridized carbons (Fsp3) is 0.462. The Morgan fingerprint density at radius 2 is 2.30 bits per heavy atom. The first kappa shape index (κ1) is 15.7. The Morgan fingerprint density at radius 1 is 1.55 bits per heavy atom. The fourth-order valence-corrected chi connectivity index (χ4v) is 5.64. The Kier molecular flexibility index (Phi) is 4.99. The highest BCUT2D eigenvalue weighted by atomic mass is 79.9. The normalized spacial score (nSPS) is 19.6. The maximum atomic E-state index is 12.3. The first-order valence-corrected chi connectivity index (χ1v) is 9.92. The summed E-state index contributed by atoms with van der Waals surface area (Å²) in [5, 5.41) is 8.77. The number of nitriles is 1. The van der Waals surface area contributed by atoms with E-state index in [9.17, 15) is 13.7 Å². The Bertz CT molecular complexity index is 640. The molecule has 0 bridgehead atoms. The summed E-state index contributed by atoms with van der Waals surface area (Å²) in [4.78, 5) is 1.86. The molecule has 1 aromatic carbocycles. The molecule has 7 heteroatoms. The highest BCUT2D eigenvalue weighted by Gasteiger charge is 2.34. The molecule has 1 heterocycles. The van der Waals surface area contributed by atoms with Crippen molar-refractivity contribution in [3.8, 4) is 6.07 Å². The Morgan fingerprint density at radius 3 is 2.95 bits per heavy atom. The van der Waals surface area contributed by atoms with Crippen molar-refractivity contribution in [2.45, 2.75) is 12.3 Å². The fourth-order valence-electron chi connectivity index (χ4n) is 2.21. The molecule has 4 nitrogen and oxygen atoms in total. The monoisotopic (exact) mass is 374 g/mol. The van der Waals surface area contributed by atoms with Gasteiger partial charge in [0.25, 0.3) is 0 Å². The summed E-state index contributed by atoms with van der Waals surface area (Å²) in [6, 6.07) is 7.60. The van der Waals surface area contributed by atoms with Gasteiger partial charge < -0.3 is 4.90 Å². The predicted octanol–water partition coefficient (Wildman–Crippen LogP) is 2.63. The molecule has 2 rings (SSSR count). The van der Waals surface area contributed by atoms with Gasteiger partial charge >= 0.3 is 0 Å². The van der Waals surface area contributed by atoms with Gasteiger partial charge in [0.05, 0.1) is 11.3 Å². The lowest BCUT2D eigenvalue weighted by Gasteiger charge is -2.37. The molecule has 0 spiro atoms. The zero-order valence-electron chi connectivity index (χ0n) is 11.0. The standard InChI is InChI=1S/C13H15BrN2O2S2/c1-2-20(17,18)13-9-19-7-6-16(13)12-5-3-4-11(14)10(12)8-15/h3-5,13H,2,6-7,9H2,1H3. The largest absolute Gasteiger partial charge is 0.352 e. The van der Waals surface area contributed by atoms with Crippen molar-refractivity contribution in [3.05, 3.63) is 28.2 Å². The number of halogens is 1. The Balaban J connectivity index is 2.49. The van der Waals surface area contributed by atoms with Gasteiger partial charge in [-0.15, -0.1) is 0 Å². The second-order valence-electron chi connectivity index (χ2n) is 4.42. The molecule has 0 saturated carbocycles. The van der Waals surface area contributed by atoms with Crippen LogP contribution in [0.4, 0.5) is 5.69 Å². The van der Waals surface area contributed by atoms with Gasteiger partial charge in [0, 0.05) is 28.3 Å². The molecule has 20 heavy (non-hydrogen) atoms. The van der Waals surface area contributed by atoms with Gasteiger partial charge in [-0.25, -0.2) is 8.42 Å². The van der Waals surface area contributed by atoms with Gasteiger partial charge in [0.15, 0.2) is 9.84 Å². The number of hydrogen-bond donors (Lipinski definition) is 0. The average molecular weight is 375 g/mol. The van der Waals surface area contributed by atoms with E-state index < -0.39 is 15.2 Å².